The standard InChI is InChI=1S/C13H16.2C2H6/c1-4-12(10-11(2)3)13-8-6-5-7-9-13;2*1-2/h4-9,12H,1-2,10H2,3H3;2*1-2H3. The van der Waals surface area contributed by atoms with E-state index in [0.717, 1.165) is 6.42 Å². The molecule has 0 spiro atoms. The van der Waals surface area contributed by atoms with Crippen molar-refractivity contribution in [3.05, 3.63) is 60.7 Å². The Kier molecular flexibility index (Phi) is 13.6. The van der Waals surface area contributed by atoms with E-state index in [9.17, 15) is 0 Å². The van der Waals surface area contributed by atoms with Gasteiger partial charge in [0.2, 0.25) is 0 Å². The van der Waals surface area contributed by atoms with Gasteiger partial charge in [0.25, 0.3) is 0 Å². The van der Waals surface area contributed by atoms with Crippen molar-refractivity contribution < 1.29 is 0 Å². The van der Waals surface area contributed by atoms with Crippen molar-refractivity contribution >= 4 is 0 Å². The first-order valence-corrected chi connectivity index (χ1v) is 6.56. The SMILES string of the molecule is C=CC(CC(=C)C)c1ccccc1.CC.CC. The number of rotatable bonds is 4. The second kappa shape index (κ2) is 12.8. The Labute approximate surface area is 108 Å². The average Bonchev–Trinajstić information content (AvgIpc) is 2.41. The highest BCUT2D eigenvalue weighted by atomic mass is 14.1. The van der Waals surface area contributed by atoms with Crippen LogP contribution in [-0.4, -0.2) is 0 Å². The second-order valence-electron chi connectivity index (χ2n) is 3.41. The summed E-state index contributed by atoms with van der Waals surface area (Å²) in [7, 11) is 0. The van der Waals surface area contributed by atoms with Crippen LogP contribution >= 0.6 is 0 Å². The molecule has 0 saturated heterocycles. The Morgan fingerprint density at radius 3 is 1.94 bits per heavy atom. The molecule has 96 valence electrons. The molecule has 0 aromatic heterocycles. The maximum atomic E-state index is 3.92. The van der Waals surface area contributed by atoms with Crippen molar-refractivity contribution in [2.24, 2.45) is 0 Å². The van der Waals surface area contributed by atoms with Gasteiger partial charge in [-0.3, -0.25) is 0 Å². The van der Waals surface area contributed by atoms with Gasteiger partial charge in [-0.15, -0.1) is 13.2 Å². The van der Waals surface area contributed by atoms with Crippen LogP contribution in [0.25, 0.3) is 0 Å². The quantitative estimate of drug-likeness (QED) is 0.561. The zero-order chi connectivity index (χ0) is 13.7. The fourth-order valence-electron chi connectivity index (χ4n) is 1.41. The second-order valence-corrected chi connectivity index (χ2v) is 3.41. The van der Waals surface area contributed by atoms with E-state index in [4.69, 9.17) is 0 Å². The summed E-state index contributed by atoms with van der Waals surface area (Å²) in [5.74, 6) is 0.415. The zero-order valence-corrected chi connectivity index (χ0v) is 12.2. The molecule has 0 fully saturated rings. The van der Waals surface area contributed by atoms with Crippen LogP contribution in [0.5, 0.6) is 0 Å². The molecule has 0 amide bonds. The summed E-state index contributed by atoms with van der Waals surface area (Å²) in [5.41, 5.74) is 2.52. The molecule has 1 unspecified atom stereocenters. The topological polar surface area (TPSA) is 0 Å². The van der Waals surface area contributed by atoms with E-state index < -0.39 is 0 Å². The molecule has 0 aliphatic rings. The molecule has 0 saturated carbocycles. The molecule has 0 aliphatic heterocycles. The van der Waals surface area contributed by atoms with E-state index in [0.29, 0.717) is 5.92 Å². The summed E-state index contributed by atoms with van der Waals surface area (Å²) in [6, 6.07) is 10.4. The molecular formula is C17H28. The molecule has 0 nitrogen and oxygen atoms in total. The molecule has 0 aliphatic carbocycles. The molecule has 0 radical (unpaired) electrons. The van der Waals surface area contributed by atoms with Crippen molar-refractivity contribution in [1.29, 1.82) is 0 Å². The van der Waals surface area contributed by atoms with E-state index in [1.807, 2.05) is 39.8 Å². The molecule has 17 heavy (non-hydrogen) atoms. The summed E-state index contributed by atoms with van der Waals surface area (Å²) in [5, 5.41) is 0. The fraction of sp³-hybridized carbons (Fsp3) is 0.412. The highest BCUT2D eigenvalue weighted by Crippen LogP contribution is 2.23. The average molecular weight is 232 g/mol. The summed E-state index contributed by atoms with van der Waals surface area (Å²) < 4.78 is 0. The van der Waals surface area contributed by atoms with Crippen molar-refractivity contribution in [1.82, 2.24) is 0 Å². The fourth-order valence-corrected chi connectivity index (χ4v) is 1.41. The third-order valence-electron chi connectivity index (χ3n) is 2.08. The third-order valence-corrected chi connectivity index (χ3v) is 2.08. The highest BCUT2D eigenvalue weighted by Gasteiger charge is 2.05. The lowest BCUT2D eigenvalue weighted by Crippen LogP contribution is -1.94. The van der Waals surface area contributed by atoms with Gasteiger partial charge < -0.3 is 0 Å². The number of allylic oxidation sites excluding steroid dienone is 2. The van der Waals surface area contributed by atoms with Crippen molar-refractivity contribution in [2.75, 3.05) is 0 Å². The Hall–Kier alpha value is -1.30. The lowest BCUT2D eigenvalue weighted by molar-refractivity contribution is 0.829. The van der Waals surface area contributed by atoms with Crippen LogP contribution in [0.3, 0.4) is 0 Å². The van der Waals surface area contributed by atoms with E-state index >= 15 is 0 Å². The van der Waals surface area contributed by atoms with Crippen molar-refractivity contribution in [3.8, 4) is 0 Å². The Bertz CT molecular complexity index is 282. The largest absolute Gasteiger partial charge is 0.102 e. The molecule has 0 N–H and O–H groups in total. The van der Waals surface area contributed by atoms with Gasteiger partial charge in [-0.25, -0.2) is 0 Å². The lowest BCUT2D eigenvalue weighted by Gasteiger charge is -2.12. The first-order chi connectivity index (χ1) is 8.24. The van der Waals surface area contributed by atoms with Gasteiger partial charge in [-0.1, -0.05) is 69.7 Å². The van der Waals surface area contributed by atoms with Crippen molar-refractivity contribution in [3.63, 3.8) is 0 Å². The van der Waals surface area contributed by atoms with E-state index in [1.54, 1.807) is 0 Å². The van der Waals surface area contributed by atoms with Gasteiger partial charge in [0, 0.05) is 5.92 Å². The normalized spacial score (nSPS) is 9.94. The summed E-state index contributed by atoms with van der Waals surface area (Å²) in [4.78, 5) is 0. The Morgan fingerprint density at radius 2 is 1.59 bits per heavy atom. The molecule has 1 rings (SSSR count). The first-order valence-electron chi connectivity index (χ1n) is 6.56. The molecule has 1 aromatic rings. The maximum absolute atomic E-state index is 3.92. The minimum Gasteiger partial charge on any atom is -0.102 e. The molecule has 1 atom stereocenters. The van der Waals surface area contributed by atoms with E-state index in [-0.39, 0.29) is 0 Å². The number of hydrogen-bond acceptors (Lipinski definition) is 0. The van der Waals surface area contributed by atoms with Crippen LogP contribution in [0.2, 0.25) is 0 Å². The molecule has 1 aromatic carbocycles. The number of benzene rings is 1. The smallest absolute Gasteiger partial charge is 0.00522 e. The van der Waals surface area contributed by atoms with Crippen LogP contribution < -0.4 is 0 Å². The predicted octanol–water partition coefficient (Wildman–Crippen LogP) is 5.97. The maximum Gasteiger partial charge on any atom is 0.00522 e. The van der Waals surface area contributed by atoms with Gasteiger partial charge >= 0.3 is 0 Å². The molecule has 0 heteroatoms. The Balaban J connectivity index is 0. The van der Waals surface area contributed by atoms with Gasteiger partial charge in [-0.2, -0.15) is 0 Å². The van der Waals surface area contributed by atoms with E-state index in [2.05, 4.69) is 44.3 Å². The monoisotopic (exact) mass is 232 g/mol. The highest BCUT2D eigenvalue weighted by molar-refractivity contribution is 5.24. The van der Waals surface area contributed by atoms with Crippen molar-refractivity contribution in [2.45, 2.75) is 47.0 Å². The molecule has 0 bridgehead atoms. The lowest BCUT2D eigenvalue weighted by atomic mass is 9.93. The minimum atomic E-state index is 0.415. The van der Waals surface area contributed by atoms with Gasteiger partial charge in [0.1, 0.15) is 0 Å². The van der Waals surface area contributed by atoms with Gasteiger partial charge in [0.05, 0.1) is 0 Å². The van der Waals surface area contributed by atoms with Gasteiger partial charge in [0.15, 0.2) is 0 Å². The summed E-state index contributed by atoms with van der Waals surface area (Å²) in [6.45, 7) is 17.8. The van der Waals surface area contributed by atoms with Crippen LogP contribution in [0.15, 0.2) is 55.1 Å². The zero-order valence-electron chi connectivity index (χ0n) is 12.2. The van der Waals surface area contributed by atoms with Crippen LogP contribution in [-0.2, 0) is 0 Å². The molecule has 0 heterocycles. The third kappa shape index (κ3) is 8.50. The summed E-state index contributed by atoms with van der Waals surface area (Å²) >= 11 is 0. The predicted molar refractivity (Wildman–Crippen MR) is 81.5 cm³/mol. The van der Waals surface area contributed by atoms with Crippen LogP contribution in [0, 0.1) is 0 Å². The van der Waals surface area contributed by atoms with E-state index in [1.165, 1.54) is 11.1 Å². The van der Waals surface area contributed by atoms with Crippen LogP contribution in [0.1, 0.15) is 52.5 Å². The first kappa shape index (κ1) is 18.1. The van der Waals surface area contributed by atoms with Crippen LogP contribution in [0.4, 0.5) is 0 Å². The molecular weight excluding hydrogens is 204 g/mol. The van der Waals surface area contributed by atoms with Gasteiger partial charge in [-0.05, 0) is 18.9 Å². The minimum absolute atomic E-state index is 0.415. The summed E-state index contributed by atoms with van der Waals surface area (Å²) in [6.07, 6.45) is 2.98. The number of hydrogen-bond donors (Lipinski definition) is 0. The Morgan fingerprint density at radius 1 is 1.12 bits per heavy atom.